The van der Waals surface area contributed by atoms with Gasteiger partial charge in [0.05, 0.1) is 6.07 Å². The van der Waals surface area contributed by atoms with E-state index in [2.05, 4.69) is 0 Å². The second-order valence-electron chi connectivity index (χ2n) is 2.52. The molecule has 0 aromatic heterocycles. The molecule has 2 heteroatoms. The molecule has 10 heavy (non-hydrogen) atoms. The minimum absolute atomic E-state index is 0.351. The number of rotatable bonds is 4. The number of nitrogens with zero attached hydrogens (tertiary/aromatic N) is 1. The highest BCUT2D eigenvalue weighted by Gasteiger charge is 2.24. The Hall–Kier alpha value is -0.840. The molecule has 0 amide bonds. The molecule has 0 aromatic rings. The van der Waals surface area contributed by atoms with E-state index in [-0.39, 0.29) is 5.41 Å². The lowest BCUT2D eigenvalue weighted by molar-refractivity contribution is -0.116. The maximum atomic E-state index is 10.5. The number of carbonyl (C=O) groups excluding carboxylic acids is 1. The van der Waals surface area contributed by atoms with Gasteiger partial charge in [-0.1, -0.05) is 13.8 Å². The molecule has 0 rings (SSSR count). The molecule has 0 saturated carbocycles. The van der Waals surface area contributed by atoms with Crippen molar-refractivity contribution in [1.82, 2.24) is 0 Å². The van der Waals surface area contributed by atoms with Gasteiger partial charge < -0.3 is 4.79 Å². The number of hydrogen-bond acceptors (Lipinski definition) is 2. The Morgan fingerprint density at radius 2 is 2.00 bits per heavy atom. The summed E-state index contributed by atoms with van der Waals surface area (Å²) in [6.07, 6.45) is 2.79. The van der Waals surface area contributed by atoms with Crippen molar-refractivity contribution in [1.29, 1.82) is 5.26 Å². The van der Waals surface area contributed by atoms with Crippen molar-refractivity contribution in [2.24, 2.45) is 5.41 Å². The molecule has 0 aliphatic heterocycles. The average Bonchev–Trinajstić information content (AvgIpc) is 2.01. The molecule has 0 aliphatic rings. The molecular formula is C8H13NO. The van der Waals surface area contributed by atoms with Crippen molar-refractivity contribution in [2.75, 3.05) is 0 Å². The second kappa shape index (κ2) is 4.05. The molecule has 0 spiro atoms. The topological polar surface area (TPSA) is 40.9 Å². The highest BCUT2D eigenvalue weighted by molar-refractivity contribution is 5.59. The molecular weight excluding hydrogens is 126 g/mol. The molecule has 56 valence electrons. The minimum Gasteiger partial charge on any atom is -0.303 e. The predicted octanol–water partition coefficient (Wildman–Crippen LogP) is 1.91. The standard InChI is InChI=1S/C8H13NO/c1-3-8(4-2,7-10)5-6-9/h7H,3-5H2,1-2H3. The summed E-state index contributed by atoms with van der Waals surface area (Å²) in [5.41, 5.74) is -0.366. The van der Waals surface area contributed by atoms with E-state index in [4.69, 9.17) is 5.26 Å². The number of hydrogen-bond donors (Lipinski definition) is 0. The number of carbonyl (C=O) groups is 1. The Bertz CT molecular complexity index is 142. The van der Waals surface area contributed by atoms with Gasteiger partial charge in [-0.05, 0) is 12.8 Å². The summed E-state index contributed by atoms with van der Waals surface area (Å²) in [5, 5.41) is 8.39. The van der Waals surface area contributed by atoms with Crippen LogP contribution in [0.2, 0.25) is 0 Å². The zero-order valence-electron chi connectivity index (χ0n) is 6.55. The Morgan fingerprint density at radius 3 is 2.10 bits per heavy atom. The largest absolute Gasteiger partial charge is 0.303 e. The molecule has 0 heterocycles. The van der Waals surface area contributed by atoms with Crippen LogP contribution in [0.15, 0.2) is 0 Å². The lowest BCUT2D eigenvalue weighted by Gasteiger charge is -2.20. The molecule has 0 saturated heterocycles. The maximum Gasteiger partial charge on any atom is 0.127 e. The highest BCUT2D eigenvalue weighted by atomic mass is 16.1. The SMILES string of the molecule is CCC(C=O)(CC)CC#N. The van der Waals surface area contributed by atoms with Crippen LogP contribution in [0.3, 0.4) is 0 Å². The van der Waals surface area contributed by atoms with E-state index in [9.17, 15) is 4.79 Å². The third-order valence-corrected chi connectivity index (χ3v) is 2.09. The van der Waals surface area contributed by atoms with Gasteiger partial charge in [-0.15, -0.1) is 0 Å². The molecule has 0 radical (unpaired) electrons. The Labute approximate surface area is 61.8 Å². The van der Waals surface area contributed by atoms with Gasteiger partial charge in [0.15, 0.2) is 0 Å². The zero-order chi connectivity index (χ0) is 8.04. The smallest absolute Gasteiger partial charge is 0.127 e. The van der Waals surface area contributed by atoms with Crippen LogP contribution in [-0.4, -0.2) is 6.29 Å². The molecule has 2 nitrogen and oxygen atoms in total. The van der Waals surface area contributed by atoms with Crippen LogP contribution < -0.4 is 0 Å². The van der Waals surface area contributed by atoms with E-state index >= 15 is 0 Å². The first-order valence-corrected chi connectivity index (χ1v) is 3.58. The monoisotopic (exact) mass is 139 g/mol. The number of nitriles is 1. The first-order chi connectivity index (χ1) is 4.74. The van der Waals surface area contributed by atoms with Gasteiger partial charge >= 0.3 is 0 Å². The molecule has 0 atom stereocenters. The van der Waals surface area contributed by atoms with Gasteiger partial charge in [-0.3, -0.25) is 0 Å². The van der Waals surface area contributed by atoms with Gasteiger partial charge in [0.25, 0.3) is 0 Å². The van der Waals surface area contributed by atoms with Gasteiger partial charge in [-0.2, -0.15) is 5.26 Å². The quantitative estimate of drug-likeness (QED) is 0.558. The first-order valence-electron chi connectivity index (χ1n) is 3.58. The summed E-state index contributed by atoms with van der Waals surface area (Å²) in [6.45, 7) is 3.88. The van der Waals surface area contributed by atoms with Crippen LogP contribution in [0.25, 0.3) is 0 Å². The van der Waals surface area contributed by atoms with Gasteiger partial charge in [0.1, 0.15) is 6.29 Å². The Balaban J connectivity index is 4.18. The second-order valence-corrected chi connectivity index (χ2v) is 2.52. The summed E-state index contributed by atoms with van der Waals surface area (Å²) in [7, 11) is 0. The van der Waals surface area contributed by atoms with Crippen molar-refractivity contribution in [3.63, 3.8) is 0 Å². The summed E-state index contributed by atoms with van der Waals surface area (Å²) in [6, 6.07) is 2.03. The average molecular weight is 139 g/mol. The highest BCUT2D eigenvalue weighted by Crippen LogP contribution is 2.26. The van der Waals surface area contributed by atoms with E-state index < -0.39 is 0 Å². The molecule has 0 N–H and O–H groups in total. The van der Waals surface area contributed by atoms with Crippen LogP contribution in [0.5, 0.6) is 0 Å². The predicted molar refractivity (Wildman–Crippen MR) is 39.3 cm³/mol. The van der Waals surface area contributed by atoms with Gasteiger partial charge in [0, 0.05) is 11.8 Å². The van der Waals surface area contributed by atoms with Crippen LogP contribution in [0.4, 0.5) is 0 Å². The Morgan fingerprint density at radius 1 is 1.50 bits per heavy atom. The van der Waals surface area contributed by atoms with Crippen LogP contribution in [0.1, 0.15) is 33.1 Å². The zero-order valence-corrected chi connectivity index (χ0v) is 6.55. The molecule has 0 unspecified atom stereocenters. The third kappa shape index (κ3) is 1.84. The van der Waals surface area contributed by atoms with Crippen molar-refractivity contribution >= 4 is 6.29 Å². The Kier molecular flexibility index (Phi) is 3.71. The van der Waals surface area contributed by atoms with Gasteiger partial charge in [0.2, 0.25) is 0 Å². The third-order valence-electron chi connectivity index (χ3n) is 2.09. The fourth-order valence-electron chi connectivity index (χ4n) is 0.866. The minimum atomic E-state index is -0.366. The maximum absolute atomic E-state index is 10.5. The lowest BCUT2D eigenvalue weighted by atomic mass is 9.81. The van der Waals surface area contributed by atoms with Crippen molar-refractivity contribution in [3.8, 4) is 6.07 Å². The van der Waals surface area contributed by atoms with Crippen molar-refractivity contribution < 1.29 is 4.79 Å². The fraction of sp³-hybridized carbons (Fsp3) is 0.750. The first kappa shape index (κ1) is 9.16. The van der Waals surface area contributed by atoms with Crippen LogP contribution in [-0.2, 0) is 4.79 Å². The molecule has 0 fully saturated rings. The van der Waals surface area contributed by atoms with Crippen molar-refractivity contribution in [2.45, 2.75) is 33.1 Å². The summed E-state index contributed by atoms with van der Waals surface area (Å²) in [5.74, 6) is 0. The van der Waals surface area contributed by atoms with Gasteiger partial charge in [-0.25, -0.2) is 0 Å². The van der Waals surface area contributed by atoms with Crippen LogP contribution in [0, 0.1) is 16.7 Å². The summed E-state index contributed by atoms with van der Waals surface area (Å²) < 4.78 is 0. The van der Waals surface area contributed by atoms with E-state index in [1.807, 2.05) is 19.9 Å². The van der Waals surface area contributed by atoms with E-state index in [0.717, 1.165) is 19.1 Å². The van der Waals surface area contributed by atoms with E-state index in [0.29, 0.717) is 6.42 Å². The van der Waals surface area contributed by atoms with E-state index in [1.54, 1.807) is 0 Å². The van der Waals surface area contributed by atoms with Crippen LogP contribution >= 0.6 is 0 Å². The number of aldehydes is 1. The molecule has 0 aromatic carbocycles. The van der Waals surface area contributed by atoms with Crippen molar-refractivity contribution in [3.05, 3.63) is 0 Å². The lowest BCUT2D eigenvalue weighted by Crippen LogP contribution is -2.19. The van der Waals surface area contributed by atoms with E-state index in [1.165, 1.54) is 0 Å². The summed E-state index contributed by atoms with van der Waals surface area (Å²) >= 11 is 0. The normalized spacial score (nSPS) is 10.5. The molecule has 0 bridgehead atoms. The fourth-order valence-corrected chi connectivity index (χ4v) is 0.866. The molecule has 0 aliphatic carbocycles. The summed E-state index contributed by atoms with van der Waals surface area (Å²) in [4.78, 5) is 10.5.